The Balaban J connectivity index is 1.72. The summed E-state index contributed by atoms with van der Waals surface area (Å²) in [5.41, 5.74) is 11.2. The molecule has 4 heteroatoms. The Hall–Kier alpha value is -1.32. The quantitative estimate of drug-likeness (QED) is 0.360. The van der Waals surface area contributed by atoms with Crippen molar-refractivity contribution in [1.82, 2.24) is 0 Å². The third-order valence-electron chi connectivity index (χ3n) is 5.08. The number of rotatable bonds is 4. The van der Waals surface area contributed by atoms with Crippen LogP contribution in [0.4, 0.5) is 0 Å². The van der Waals surface area contributed by atoms with Gasteiger partial charge in [0.05, 0.1) is 11.7 Å². The lowest BCUT2D eigenvalue weighted by Crippen LogP contribution is -2.27. The number of amidine groups is 2. The summed E-state index contributed by atoms with van der Waals surface area (Å²) in [6.45, 7) is 0. The molecule has 0 aliphatic heterocycles. The number of hydrogen-bond acceptors (Lipinski definition) is 2. The molecule has 0 radical (unpaired) electrons. The van der Waals surface area contributed by atoms with Crippen LogP contribution in [-0.4, -0.2) is 11.7 Å². The fourth-order valence-corrected chi connectivity index (χ4v) is 3.56. The Morgan fingerprint density at radius 2 is 0.950 bits per heavy atom. The van der Waals surface area contributed by atoms with Gasteiger partial charge in [-0.05, 0) is 63.2 Å². The zero-order chi connectivity index (χ0) is 14.5. The van der Waals surface area contributed by atoms with E-state index in [2.05, 4.69) is 12.2 Å². The third kappa shape index (κ3) is 4.09. The summed E-state index contributed by atoms with van der Waals surface area (Å²) in [5.74, 6) is 2.74. The molecule has 0 unspecified atom stereocenters. The summed E-state index contributed by atoms with van der Waals surface area (Å²) in [4.78, 5) is 0. The van der Waals surface area contributed by atoms with Gasteiger partial charge in [0.15, 0.2) is 0 Å². The van der Waals surface area contributed by atoms with Crippen LogP contribution in [0.3, 0.4) is 0 Å². The zero-order valence-electron chi connectivity index (χ0n) is 12.3. The highest BCUT2D eigenvalue weighted by Crippen LogP contribution is 2.32. The van der Waals surface area contributed by atoms with Crippen molar-refractivity contribution in [2.24, 2.45) is 35.1 Å². The van der Waals surface area contributed by atoms with Crippen molar-refractivity contribution in [3.05, 3.63) is 12.2 Å². The average Bonchev–Trinajstić information content (AvgIpc) is 2.46. The first kappa shape index (κ1) is 15.1. The Bertz CT molecular complexity index is 336. The van der Waals surface area contributed by atoms with E-state index in [-0.39, 0.29) is 0 Å². The topological polar surface area (TPSA) is 99.7 Å². The Labute approximate surface area is 122 Å². The molecule has 2 aliphatic rings. The molecule has 0 heterocycles. The molecule has 2 saturated carbocycles. The normalized spacial score (nSPS) is 35.0. The molecule has 0 atom stereocenters. The highest BCUT2D eigenvalue weighted by molar-refractivity contribution is 5.80. The van der Waals surface area contributed by atoms with Crippen LogP contribution in [-0.2, 0) is 0 Å². The third-order valence-corrected chi connectivity index (χ3v) is 5.08. The molecule has 2 rings (SSSR count). The first-order valence-electron chi connectivity index (χ1n) is 7.92. The average molecular weight is 276 g/mol. The molecular formula is C16H28N4. The van der Waals surface area contributed by atoms with Crippen molar-refractivity contribution in [2.75, 3.05) is 0 Å². The molecule has 0 amide bonds. The van der Waals surface area contributed by atoms with Crippen LogP contribution < -0.4 is 11.5 Å². The van der Waals surface area contributed by atoms with Crippen LogP contribution in [0.15, 0.2) is 12.2 Å². The van der Waals surface area contributed by atoms with Gasteiger partial charge >= 0.3 is 0 Å². The van der Waals surface area contributed by atoms with Gasteiger partial charge in [-0.15, -0.1) is 0 Å². The Morgan fingerprint density at radius 3 is 1.20 bits per heavy atom. The molecule has 0 saturated heterocycles. The van der Waals surface area contributed by atoms with E-state index < -0.39 is 0 Å². The number of nitrogens with two attached hydrogens (primary N) is 2. The Morgan fingerprint density at radius 1 is 0.650 bits per heavy atom. The predicted octanol–water partition coefficient (Wildman–Crippen LogP) is 3.03. The maximum atomic E-state index is 7.50. The van der Waals surface area contributed by atoms with E-state index in [0.29, 0.717) is 35.3 Å². The van der Waals surface area contributed by atoms with Crippen molar-refractivity contribution in [1.29, 1.82) is 10.8 Å². The largest absolute Gasteiger partial charge is 0.387 e. The van der Waals surface area contributed by atoms with Crippen LogP contribution in [0.2, 0.25) is 0 Å². The number of nitrogens with one attached hydrogen (secondary N) is 2. The molecule has 4 nitrogen and oxygen atoms in total. The molecule has 0 spiro atoms. The number of hydrogen-bond donors (Lipinski definition) is 4. The van der Waals surface area contributed by atoms with E-state index in [0.717, 1.165) is 25.7 Å². The van der Waals surface area contributed by atoms with Gasteiger partial charge in [-0.25, -0.2) is 0 Å². The number of allylic oxidation sites excluding steroid dienone is 2. The summed E-state index contributed by atoms with van der Waals surface area (Å²) in [7, 11) is 0. The van der Waals surface area contributed by atoms with Crippen molar-refractivity contribution in [2.45, 2.75) is 51.4 Å². The second-order valence-electron chi connectivity index (χ2n) is 6.52. The monoisotopic (exact) mass is 276 g/mol. The van der Waals surface area contributed by atoms with E-state index in [1.54, 1.807) is 0 Å². The summed E-state index contributed by atoms with van der Waals surface area (Å²) in [6.07, 6.45) is 13.8. The molecule has 0 bridgehead atoms. The van der Waals surface area contributed by atoms with Gasteiger partial charge in [0.2, 0.25) is 0 Å². The van der Waals surface area contributed by atoms with Crippen LogP contribution >= 0.6 is 0 Å². The molecule has 2 aliphatic carbocycles. The van der Waals surface area contributed by atoms with Crippen LogP contribution in [0, 0.1) is 34.5 Å². The van der Waals surface area contributed by atoms with Gasteiger partial charge in [-0.3, -0.25) is 10.8 Å². The van der Waals surface area contributed by atoms with E-state index in [9.17, 15) is 0 Å². The fraction of sp³-hybridized carbons (Fsp3) is 0.750. The summed E-state index contributed by atoms with van der Waals surface area (Å²) >= 11 is 0. The Kier molecular flexibility index (Phi) is 5.21. The van der Waals surface area contributed by atoms with Gasteiger partial charge in [0.1, 0.15) is 0 Å². The van der Waals surface area contributed by atoms with Crippen LogP contribution in [0.1, 0.15) is 51.4 Å². The minimum Gasteiger partial charge on any atom is -0.387 e. The highest BCUT2D eigenvalue weighted by Gasteiger charge is 2.23. The van der Waals surface area contributed by atoms with Crippen molar-refractivity contribution in [3.63, 3.8) is 0 Å². The second kappa shape index (κ2) is 6.91. The minimum absolute atomic E-state index is 0.325. The minimum atomic E-state index is 0.325. The molecular weight excluding hydrogens is 248 g/mol. The van der Waals surface area contributed by atoms with Crippen molar-refractivity contribution >= 4 is 11.7 Å². The first-order valence-corrected chi connectivity index (χ1v) is 7.92. The molecule has 6 N–H and O–H groups in total. The van der Waals surface area contributed by atoms with Crippen LogP contribution in [0.25, 0.3) is 0 Å². The molecule has 0 aromatic heterocycles. The van der Waals surface area contributed by atoms with Crippen LogP contribution in [0.5, 0.6) is 0 Å². The zero-order valence-corrected chi connectivity index (χ0v) is 12.3. The molecule has 112 valence electrons. The lowest BCUT2D eigenvalue weighted by atomic mass is 9.78. The lowest BCUT2D eigenvalue weighted by molar-refractivity contribution is 0.354. The summed E-state index contributed by atoms with van der Waals surface area (Å²) in [6, 6.07) is 0. The standard InChI is InChI=1S/C16H28N4/c17-15(18)13-7-3-11(4-8-13)1-2-12-5-9-14(10-6-12)16(19)20/h1-2,11-14H,3-10H2,(H3,17,18)(H3,19,20). The molecule has 0 aromatic rings. The molecule has 0 aromatic carbocycles. The summed E-state index contributed by atoms with van der Waals surface area (Å²) in [5, 5.41) is 15.0. The van der Waals surface area contributed by atoms with Gasteiger partial charge in [0.25, 0.3) is 0 Å². The lowest BCUT2D eigenvalue weighted by Gasteiger charge is -2.28. The molecule has 2 fully saturated rings. The first-order chi connectivity index (χ1) is 9.56. The second-order valence-corrected chi connectivity index (χ2v) is 6.52. The van der Waals surface area contributed by atoms with Gasteiger partial charge in [-0.2, -0.15) is 0 Å². The van der Waals surface area contributed by atoms with Gasteiger partial charge in [0, 0.05) is 11.8 Å². The van der Waals surface area contributed by atoms with E-state index in [1.165, 1.54) is 25.7 Å². The van der Waals surface area contributed by atoms with E-state index in [1.807, 2.05) is 0 Å². The highest BCUT2D eigenvalue weighted by atomic mass is 14.7. The van der Waals surface area contributed by atoms with Gasteiger partial charge < -0.3 is 11.5 Å². The maximum Gasteiger partial charge on any atom is 0.0936 e. The molecule has 20 heavy (non-hydrogen) atoms. The van der Waals surface area contributed by atoms with Crippen molar-refractivity contribution < 1.29 is 0 Å². The predicted molar refractivity (Wildman–Crippen MR) is 83.9 cm³/mol. The van der Waals surface area contributed by atoms with Gasteiger partial charge in [-0.1, -0.05) is 12.2 Å². The van der Waals surface area contributed by atoms with E-state index in [4.69, 9.17) is 22.3 Å². The smallest absolute Gasteiger partial charge is 0.0936 e. The van der Waals surface area contributed by atoms with E-state index >= 15 is 0 Å². The summed E-state index contributed by atoms with van der Waals surface area (Å²) < 4.78 is 0. The fourth-order valence-electron chi connectivity index (χ4n) is 3.56. The van der Waals surface area contributed by atoms with Crippen molar-refractivity contribution in [3.8, 4) is 0 Å². The SMILES string of the molecule is N=C(N)C1CCC(C=CC2CCC(C(=N)N)CC2)CC1. The maximum absolute atomic E-state index is 7.50.